The molecule has 0 bridgehead atoms. The minimum Gasteiger partial charge on any atom is -0.403 e. The fraction of sp³-hybridized carbons (Fsp3) is 0. The molecule has 2 N–H and O–H groups in total. The van der Waals surface area contributed by atoms with Crippen molar-refractivity contribution in [1.82, 2.24) is 9.97 Å². The Labute approximate surface area is 186 Å². The predicted molar refractivity (Wildman–Crippen MR) is 122 cm³/mol. The number of nitrogens with one attached hydrogen (secondary N) is 2. The molecular formula is C22H14Cl2N4O3. The van der Waals surface area contributed by atoms with Crippen LogP contribution in [-0.4, -0.2) is 15.9 Å². The molecule has 1 amide bonds. The molecule has 31 heavy (non-hydrogen) atoms. The number of hydrogen-bond acceptors (Lipinski definition) is 6. The molecule has 0 aliphatic heterocycles. The van der Waals surface area contributed by atoms with Crippen LogP contribution in [0.15, 0.2) is 76.6 Å². The van der Waals surface area contributed by atoms with Crippen LogP contribution >= 0.6 is 23.2 Å². The van der Waals surface area contributed by atoms with Gasteiger partial charge in [0, 0.05) is 11.8 Å². The second-order valence-electron chi connectivity index (χ2n) is 6.37. The van der Waals surface area contributed by atoms with Gasteiger partial charge in [-0.25, -0.2) is 9.78 Å². The van der Waals surface area contributed by atoms with Gasteiger partial charge in [-0.15, -0.1) is 0 Å². The van der Waals surface area contributed by atoms with Gasteiger partial charge in [0.1, 0.15) is 0 Å². The van der Waals surface area contributed by atoms with E-state index < -0.39 is 5.63 Å². The van der Waals surface area contributed by atoms with Crippen molar-refractivity contribution < 1.29 is 9.21 Å². The zero-order chi connectivity index (χ0) is 22.0. The Hall–Kier alpha value is -3.68. The predicted octanol–water partition coefficient (Wildman–Crippen LogP) is 5.42. The van der Waals surface area contributed by atoms with Crippen molar-refractivity contribution in [2.75, 3.05) is 10.6 Å². The number of hydrogen-bond donors (Lipinski definition) is 2. The van der Waals surface area contributed by atoms with Crippen LogP contribution in [0.5, 0.6) is 0 Å². The number of aromatic nitrogens is 2. The maximum Gasteiger partial charge on any atom is 0.345 e. The maximum absolute atomic E-state index is 12.6. The van der Waals surface area contributed by atoms with Crippen LogP contribution in [0.4, 0.5) is 17.3 Å². The third-order valence-electron chi connectivity index (χ3n) is 4.35. The molecule has 0 radical (unpaired) electrons. The summed E-state index contributed by atoms with van der Waals surface area (Å²) in [4.78, 5) is 32.7. The van der Waals surface area contributed by atoms with Crippen molar-refractivity contribution in [3.63, 3.8) is 0 Å². The fourth-order valence-electron chi connectivity index (χ4n) is 2.88. The van der Waals surface area contributed by atoms with Gasteiger partial charge >= 0.3 is 5.63 Å². The summed E-state index contributed by atoms with van der Waals surface area (Å²) in [5.41, 5.74) is 1.27. The molecule has 0 atom stereocenters. The number of carbonyl (C=O) groups excluding carboxylic acids is 1. The second kappa shape index (κ2) is 8.59. The molecule has 0 unspecified atom stereocenters. The molecule has 0 saturated heterocycles. The Morgan fingerprint density at radius 3 is 2.61 bits per heavy atom. The van der Waals surface area contributed by atoms with E-state index >= 15 is 0 Å². The molecule has 0 fully saturated rings. The number of benzene rings is 2. The first-order valence-corrected chi connectivity index (χ1v) is 9.76. The summed E-state index contributed by atoms with van der Waals surface area (Å²) < 4.78 is 5.40. The number of fused-ring (bicyclic) bond motifs is 1. The van der Waals surface area contributed by atoms with Gasteiger partial charge in [0.05, 0.1) is 32.4 Å². The molecule has 0 saturated carbocycles. The number of rotatable bonds is 5. The molecule has 0 aliphatic rings. The number of anilines is 3. The lowest BCUT2D eigenvalue weighted by molar-refractivity contribution is -0.111. The van der Waals surface area contributed by atoms with Crippen molar-refractivity contribution in [3.8, 4) is 11.1 Å². The van der Waals surface area contributed by atoms with Crippen molar-refractivity contribution in [2.45, 2.75) is 0 Å². The van der Waals surface area contributed by atoms with Crippen LogP contribution in [0, 0.1) is 0 Å². The Bertz CT molecular complexity index is 1390. The highest BCUT2D eigenvalue weighted by Crippen LogP contribution is 2.33. The Balaban J connectivity index is 1.71. The summed E-state index contributed by atoms with van der Waals surface area (Å²) in [6, 6.07) is 13.6. The van der Waals surface area contributed by atoms with Crippen LogP contribution in [0.25, 0.3) is 22.2 Å². The highest BCUT2D eigenvalue weighted by molar-refractivity contribution is 6.43. The number of halogens is 2. The smallest absolute Gasteiger partial charge is 0.345 e. The van der Waals surface area contributed by atoms with Crippen molar-refractivity contribution in [2.24, 2.45) is 0 Å². The van der Waals surface area contributed by atoms with Gasteiger partial charge in [-0.05, 0) is 30.3 Å². The Morgan fingerprint density at radius 1 is 1.06 bits per heavy atom. The van der Waals surface area contributed by atoms with Crippen LogP contribution in [-0.2, 0) is 4.79 Å². The molecule has 2 aromatic heterocycles. The highest BCUT2D eigenvalue weighted by Gasteiger charge is 2.14. The average molecular weight is 453 g/mol. The number of carbonyl (C=O) groups is 1. The summed E-state index contributed by atoms with van der Waals surface area (Å²) in [7, 11) is 0. The lowest BCUT2D eigenvalue weighted by atomic mass is 10.1. The van der Waals surface area contributed by atoms with Gasteiger partial charge in [-0.1, -0.05) is 54.0 Å². The molecule has 2 heterocycles. The Kier molecular flexibility index (Phi) is 5.70. The molecule has 4 aromatic rings. The van der Waals surface area contributed by atoms with E-state index in [-0.39, 0.29) is 28.2 Å². The van der Waals surface area contributed by atoms with Gasteiger partial charge in [-0.3, -0.25) is 4.79 Å². The fourth-order valence-corrected chi connectivity index (χ4v) is 3.28. The van der Waals surface area contributed by atoms with Gasteiger partial charge in [0.25, 0.3) is 0 Å². The Morgan fingerprint density at radius 2 is 1.84 bits per heavy atom. The van der Waals surface area contributed by atoms with Gasteiger partial charge in [0.15, 0.2) is 0 Å². The molecule has 2 aromatic carbocycles. The molecule has 4 rings (SSSR count). The van der Waals surface area contributed by atoms with Crippen LogP contribution in [0.3, 0.4) is 0 Å². The first-order chi connectivity index (χ1) is 15.0. The van der Waals surface area contributed by atoms with E-state index in [1.54, 1.807) is 48.5 Å². The monoisotopic (exact) mass is 452 g/mol. The molecule has 0 spiro atoms. The van der Waals surface area contributed by atoms with Crippen molar-refractivity contribution in [1.29, 1.82) is 0 Å². The van der Waals surface area contributed by atoms with E-state index in [0.29, 0.717) is 27.3 Å². The van der Waals surface area contributed by atoms with E-state index in [4.69, 9.17) is 27.6 Å². The van der Waals surface area contributed by atoms with Crippen LogP contribution in [0.1, 0.15) is 0 Å². The first-order valence-electron chi connectivity index (χ1n) is 9.01. The molecule has 9 heteroatoms. The lowest BCUT2D eigenvalue weighted by Crippen LogP contribution is -2.10. The third kappa shape index (κ3) is 4.28. The largest absolute Gasteiger partial charge is 0.403 e. The zero-order valence-electron chi connectivity index (χ0n) is 15.9. The minimum absolute atomic E-state index is 0.0945. The average Bonchev–Trinajstić information content (AvgIpc) is 2.76. The van der Waals surface area contributed by atoms with E-state index in [1.807, 2.05) is 0 Å². The zero-order valence-corrected chi connectivity index (χ0v) is 17.4. The quantitative estimate of drug-likeness (QED) is 0.392. The molecular weight excluding hydrogens is 439 g/mol. The van der Waals surface area contributed by atoms with E-state index in [9.17, 15) is 9.59 Å². The van der Waals surface area contributed by atoms with Crippen molar-refractivity contribution in [3.05, 3.63) is 87.8 Å². The normalized spacial score (nSPS) is 10.6. The molecule has 7 nitrogen and oxygen atoms in total. The molecule has 0 aliphatic carbocycles. The van der Waals surface area contributed by atoms with Gasteiger partial charge in [0.2, 0.25) is 17.6 Å². The van der Waals surface area contributed by atoms with Crippen LogP contribution < -0.4 is 16.3 Å². The van der Waals surface area contributed by atoms with Gasteiger partial charge in [-0.2, -0.15) is 4.98 Å². The third-order valence-corrected chi connectivity index (χ3v) is 5.17. The minimum atomic E-state index is -0.611. The van der Waals surface area contributed by atoms with E-state index in [0.717, 1.165) is 0 Å². The van der Waals surface area contributed by atoms with E-state index in [1.165, 1.54) is 12.3 Å². The summed E-state index contributed by atoms with van der Waals surface area (Å²) in [5, 5.41) is 6.79. The first kappa shape index (κ1) is 20.6. The number of para-hydroxylation sites is 2. The van der Waals surface area contributed by atoms with E-state index in [2.05, 4.69) is 27.2 Å². The van der Waals surface area contributed by atoms with Crippen molar-refractivity contribution >= 4 is 57.5 Å². The number of amides is 1. The molecule has 154 valence electrons. The highest BCUT2D eigenvalue weighted by atomic mass is 35.5. The summed E-state index contributed by atoms with van der Waals surface area (Å²) in [5.74, 6) is -0.170. The van der Waals surface area contributed by atoms with Crippen LogP contribution in [0.2, 0.25) is 10.0 Å². The second-order valence-corrected chi connectivity index (χ2v) is 7.15. The topological polar surface area (TPSA) is 97.1 Å². The maximum atomic E-state index is 12.6. The summed E-state index contributed by atoms with van der Waals surface area (Å²) in [6.07, 6.45) is 2.68. The summed E-state index contributed by atoms with van der Waals surface area (Å²) in [6.45, 7) is 3.44. The number of nitrogens with zero attached hydrogens (tertiary/aromatic N) is 2. The summed E-state index contributed by atoms with van der Waals surface area (Å²) >= 11 is 12.3. The standard InChI is InChI=1S/C22H14Cl2N4O3/c1-2-18(29)26-16-8-3-4-9-17(16)27-22-25-11-12-10-14(21(30)31-20(12)28-22)13-6-5-7-15(23)19(13)24/h2-11H,1H2,(H,26,29)(H,25,27,28). The lowest BCUT2D eigenvalue weighted by Gasteiger charge is -2.11. The van der Waals surface area contributed by atoms with Gasteiger partial charge < -0.3 is 15.1 Å². The SMILES string of the molecule is C=CC(=O)Nc1ccccc1Nc1ncc2cc(-c3cccc(Cl)c3Cl)c(=O)oc2n1.